The molecule has 100 valence electrons. The zero-order chi connectivity index (χ0) is 12.7. The Balaban J connectivity index is 2.22. The van der Waals surface area contributed by atoms with Crippen molar-refractivity contribution in [2.75, 3.05) is 19.6 Å². The van der Waals surface area contributed by atoms with Crippen molar-refractivity contribution >= 4 is 5.91 Å². The number of likely N-dealkylation sites (tertiary alicyclic amines) is 1. The maximum atomic E-state index is 11.7. The molecule has 4 heteroatoms. The van der Waals surface area contributed by atoms with Crippen LogP contribution < -0.4 is 11.1 Å². The first-order valence-electron chi connectivity index (χ1n) is 6.96. The number of hydrogen-bond donors (Lipinski definition) is 2. The first-order chi connectivity index (χ1) is 8.19. The van der Waals surface area contributed by atoms with Crippen LogP contribution in [0, 0.1) is 0 Å². The molecule has 0 aromatic rings. The van der Waals surface area contributed by atoms with Crippen molar-refractivity contribution in [1.29, 1.82) is 0 Å². The molecule has 1 fully saturated rings. The van der Waals surface area contributed by atoms with Crippen molar-refractivity contribution in [3.63, 3.8) is 0 Å². The van der Waals surface area contributed by atoms with Gasteiger partial charge in [-0.05, 0) is 32.4 Å². The summed E-state index contributed by atoms with van der Waals surface area (Å²) < 4.78 is 0. The molecule has 0 spiro atoms. The molecule has 0 saturated carbocycles. The van der Waals surface area contributed by atoms with Crippen LogP contribution in [0.4, 0.5) is 0 Å². The highest BCUT2D eigenvalue weighted by Crippen LogP contribution is 2.15. The summed E-state index contributed by atoms with van der Waals surface area (Å²) in [5, 5.41) is 2.99. The number of nitrogens with two attached hydrogens (primary N) is 1. The Bertz CT molecular complexity index is 233. The molecule has 1 heterocycles. The van der Waals surface area contributed by atoms with Crippen LogP contribution in [0.15, 0.2) is 0 Å². The second-order valence-corrected chi connectivity index (χ2v) is 4.92. The van der Waals surface area contributed by atoms with E-state index in [0.717, 1.165) is 32.4 Å². The highest BCUT2D eigenvalue weighted by molar-refractivity contribution is 5.81. The van der Waals surface area contributed by atoms with Crippen molar-refractivity contribution in [2.24, 2.45) is 5.73 Å². The summed E-state index contributed by atoms with van der Waals surface area (Å²) in [5.41, 5.74) is 5.83. The van der Waals surface area contributed by atoms with Gasteiger partial charge in [-0.3, -0.25) is 9.69 Å². The monoisotopic (exact) mass is 241 g/mol. The van der Waals surface area contributed by atoms with Gasteiger partial charge in [0, 0.05) is 12.6 Å². The number of nitrogens with zero attached hydrogens (tertiary/aromatic N) is 1. The Kier molecular flexibility index (Phi) is 6.52. The second-order valence-electron chi connectivity index (χ2n) is 4.92. The molecule has 2 unspecified atom stereocenters. The van der Waals surface area contributed by atoms with Crippen molar-refractivity contribution in [1.82, 2.24) is 10.2 Å². The van der Waals surface area contributed by atoms with Crippen LogP contribution in [0.2, 0.25) is 0 Å². The fraction of sp³-hybridized carbons (Fsp3) is 0.923. The van der Waals surface area contributed by atoms with Gasteiger partial charge in [-0.1, -0.05) is 26.7 Å². The lowest BCUT2D eigenvalue weighted by Crippen LogP contribution is -2.46. The summed E-state index contributed by atoms with van der Waals surface area (Å²) in [4.78, 5) is 14.2. The minimum absolute atomic E-state index is 0.0152. The summed E-state index contributed by atoms with van der Waals surface area (Å²) in [6.45, 7) is 7.28. The van der Waals surface area contributed by atoms with Crippen LogP contribution in [-0.2, 0) is 4.79 Å². The zero-order valence-electron chi connectivity index (χ0n) is 11.2. The fourth-order valence-electron chi connectivity index (χ4n) is 2.45. The minimum Gasteiger partial charge on any atom is -0.353 e. The number of unbranched alkanes of at least 4 members (excludes halogenated alkanes) is 1. The van der Waals surface area contributed by atoms with Crippen LogP contribution in [0.5, 0.6) is 0 Å². The lowest BCUT2D eigenvalue weighted by Gasteiger charge is -2.23. The molecule has 1 aliphatic heterocycles. The average Bonchev–Trinajstić information content (AvgIpc) is 2.80. The third-order valence-electron chi connectivity index (χ3n) is 3.62. The number of rotatable bonds is 7. The summed E-state index contributed by atoms with van der Waals surface area (Å²) >= 11 is 0. The van der Waals surface area contributed by atoms with Crippen LogP contribution in [0.3, 0.4) is 0 Å². The Morgan fingerprint density at radius 1 is 1.53 bits per heavy atom. The minimum atomic E-state index is -0.327. The van der Waals surface area contributed by atoms with Gasteiger partial charge in [0.1, 0.15) is 0 Å². The van der Waals surface area contributed by atoms with Crippen LogP contribution in [0.1, 0.15) is 46.0 Å². The third-order valence-corrected chi connectivity index (χ3v) is 3.62. The first kappa shape index (κ1) is 14.5. The predicted molar refractivity (Wildman–Crippen MR) is 70.8 cm³/mol. The molecular weight excluding hydrogens is 214 g/mol. The van der Waals surface area contributed by atoms with Gasteiger partial charge < -0.3 is 11.1 Å². The Morgan fingerprint density at radius 3 is 2.94 bits per heavy atom. The van der Waals surface area contributed by atoms with Crippen LogP contribution >= 0.6 is 0 Å². The van der Waals surface area contributed by atoms with Crippen molar-refractivity contribution in [3.8, 4) is 0 Å². The number of carbonyl (C=O) groups excluding carboxylic acids is 1. The normalized spacial score (nSPS) is 22.6. The van der Waals surface area contributed by atoms with E-state index in [4.69, 9.17) is 5.73 Å². The maximum absolute atomic E-state index is 11.7. The first-order valence-corrected chi connectivity index (χ1v) is 6.96. The summed E-state index contributed by atoms with van der Waals surface area (Å²) in [7, 11) is 0. The molecule has 4 nitrogen and oxygen atoms in total. The fourth-order valence-corrected chi connectivity index (χ4v) is 2.45. The Hall–Kier alpha value is -0.610. The smallest absolute Gasteiger partial charge is 0.236 e. The molecule has 0 aromatic carbocycles. The molecule has 0 bridgehead atoms. The van der Waals surface area contributed by atoms with Crippen molar-refractivity contribution in [3.05, 3.63) is 0 Å². The lowest BCUT2D eigenvalue weighted by molar-refractivity contribution is -0.122. The van der Waals surface area contributed by atoms with E-state index in [-0.39, 0.29) is 11.9 Å². The van der Waals surface area contributed by atoms with Gasteiger partial charge in [-0.15, -0.1) is 0 Å². The molecule has 0 radical (unpaired) electrons. The highest BCUT2D eigenvalue weighted by Gasteiger charge is 2.23. The topological polar surface area (TPSA) is 58.4 Å². The Labute approximate surface area is 105 Å². The molecule has 17 heavy (non-hydrogen) atoms. The van der Waals surface area contributed by atoms with E-state index in [1.165, 1.54) is 19.4 Å². The highest BCUT2D eigenvalue weighted by atomic mass is 16.2. The number of amides is 1. The van der Waals surface area contributed by atoms with Gasteiger partial charge in [0.15, 0.2) is 0 Å². The van der Waals surface area contributed by atoms with Gasteiger partial charge in [0.05, 0.1) is 6.04 Å². The van der Waals surface area contributed by atoms with Crippen LogP contribution in [-0.4, -0.2) is 42.5 Å². The van der Waals surface area contributed by atoms with Crippen molar-refractivity contribution < 1.29 is 4.79 Å². The summed E-state index contributed by atoms with van der Waals surface area (Å²) in [5.74, 6) is 0.0152. The summed E-state index contributed by atoms with van der Waals surface area (Å²) in [6.07, 6.45) is 5.35. The summed E-state index contributed by atoms with van der Waals surface area (Å²) in [6, 6.07) is 0.189. The molecule has 2 atom stereocenters. The predicted octanol–water partition coefficient (Wildman–Crippen LogP) is 1.10. The van der Waals surface area contributed by atoms with E-state index in [9.17, 15) is 4.79 Å². The number of likely N-dealkylation sites (N-methyl/N-ethyl adjacent to an activating group) is 1. The van der Waals surface area contributed by atoms with Gasteiger partial charge in [-0.2, -0.15) is 0 Å². The largest absolute Gasteiger partial charge is 0.353 e. The standard InChI is InChI=1S/C13H27N3O/c1-3-5-8-12(14)13(17)15-10-11-7-6-9-16(11)4-2/h11-12H,3-10,14H2,1-2H3,(H,15,17). The van der Waals surface area contributed by atoms with Gasteiger partial charge in [0.25, 0.3) is 0 Å². The lowest BCUT2D eigenvalue weighted by atomic mass is 10.1. The van der Waals surface area contributed by atoms with Crippen molar-refractivity contribution in [2.45, 2.75) is 58.0 Å². The van der Waals surface area contributed by atoms with Gasteiger partial charge in [-0.25, -0.2) is 0 Å². The molecule has 1 aliphatic rings. The number of carbonyl (C=O) groups is 1. The van der Waals surface area contributed by atoms with E-state index < -0.39 is 0 Å². The Morgan fingerprint density at radius 2 is 2.29 bits per heavy atom. The molecule has 1 rings (SSSR count). The van der Waals surface area contributed by atoms with E-state index >= 15 is 0 Å². The second kappa shape index (κ2) is 7.67. The maximum Gasteiger partial charge on any atom is 0.236 e. The molecule has 1 amide bonds. The SMILES string of the molecule is CCCCC(N)C(=O)NCC1CCCN1CC. The van der Waals surface area contributed by atoms with Gasteiger partial charge >= 0.3 is 0 Å². The van der Waals surface area contributed by atoms with E-state index in [0.29, 0.717) is 6.04 Å². The molecule has 0 aromatic heterocycles. The molecule has 0 aliphatic carbocycles. The number of nitrogens with one attached hydrogen (secondary N) is 1. The zero-order valence-corrected chi connectivity index (χ0v) is 11.2. The third kappa shape index (κ3) is 4.64. The van der Waals surface area contributed by atoms with Crippen LogP contribution in [0.25, 0.3) is 0 Å². The van der Waals surface area contributed by atoms with E-state index in [2.05, 4.69) is 24.1 Å². The quantitative estimate of drug-likeness (QED) is 0.702. The number of hydrogen-bond acceptors (Lipinski definition) is 3. The average molecular weight is 241 g/mol. The van der Waals surface area contributed by atoms with Gasteiger partial charge in [0.2, 0.25) is 5.91 Å². The van der Waals surface area contributed by atoms with E-state index in [1.807, 2.05) is 0 Å². The molecule has 3 N–H and O–H groups in total. The van der Waals surface area contributed by atoms with E-state index in [1.54, 1.807) is 0 Å². The molecular formula is C13H27N3O. The molecule has 1 saturated heterocycles.